The Labute approximate surface area is 114 Å². The standard InChI is InChI=1S/C14H13BrO3/c1-8-6-11(15)9(2)12(14(8)17-3)13(16)10-4-5-18-7-10/h4-7H,1-3H3. The van der Waals surface area contributed by atoms with Gasteiger partial charge in [0.25, 0.3) is 0 Å². The summed E-state index contributed by atoms with van der Waals surface area (Å²) in [6.07, 6.45) is 2.93. The number of hydrogen-bond donors (Lipinski definition) is 0. The molecule has 94 valence electrons. The third-order valence-electron chi connectivity index (χ3n) is 2.88. The Hall–Kier alpha value is -1.55. The maximum absolute atomic E-state index is 12.5. The Morgan fingerprint density at radius 1 is 1.39 bits per heavy atom. The van der Waals surface area contributed by atoms with Gasteiger partial charge in [-0.05, 0) is 37.1 Å². The SMILES string of the molecule is COc1c(C)cc(Br)c(C)c1C(=O)c1ccoc1. The summed E-state index contributed by atoms with van der Waals surface area (Å²) in [5.74, 6) is 0.518. The molecule has 0 atom stereocenters. The Bertz CT molecular complexity index is 586. The molecule has 2 aromatic rings. The molecule has 0 aliphatic rings. The van der Waals surface area contributed by atoms with Crippen LogP contribution in [0.15, 0.2) is 33.5 Å². The van der Waals surface area contributed by atoms with Crippen molar-refractivity contribution in [1.82, 2.24) is 0 Å². The Kier molecular flexibility index (Phi) is 3.57. The van der Waals surface area contributed by atoms with Gasteiger partial charge in [-0.3, -0.25) is 4.79 Å². The number of ketones is 1. The minimum absolute atomic E-state index is 0.0949. The largest absolute Gasteiger partial charge is 0.496 e. The topological polar surface area (TPSA) is 39.4 Å². The van der Waals surface area contributed by atoms with E-state index in [0.717, 1.165) is 15.6 Å². The van der Waals surface area contributed by atoms with Gasteiger partial charge in [-0.2, -0.15) is 0 Å². The van der Waals surface area contributed by atoms with Gasteiger partial charge in [-0.15, -0.1) is 0 Å². The molecule has 0 spiro atoms. The van der Waals surface area contributed by atoms with E-state index in [4.69, 9.17) is 9.15 Å². The molecule has 1 heterocycles. The van der Waals surface area contributed by atoms with E-state index in [-0.39, 0.29) is 5.78 Å². The summed E-state index contributed by atoms with van der Waals surface area (Å²) in [5.41, 5.74) is 2.88. The first-order chi connectivity index (χ1) is 8.56. The summed E-state index contributed by atoms with van der Waals surface area (Å²) >= 11 is 3.46. The summed E-state index contributed by atoms with van der Waals surface area (Å²) in [6, 6.07) is 3.60. The van der Waals surface area contributed by atoms with E-state index in [1.807, 2.05) is 19.9 Å². The van der Waals surface area contributed by atoms with Gasteiger partial charge in [0.05, 0.1) is 24.5 Å². The molecular weight excluding hydrogens is 296 g/mol. The van der Waals surface area contributed by atoms with Crippen LogP contribution >= 0.6 is 15.9 Å². The lowest BCUT2D eigenvalue weighted by molar-refractivity contribution is 0.103. The molecular formula is C14H13BrO3. The maximum atomic E-state index is 12.5. The monoisotopic (exact) mass is 308 g/mol. The third-order valence-corrected chi connectivity index (χ3v) is 3.70. The number of furan rings is 1. The van der Waals surface area contributed by atoms with Crippen LogP contribution in [0.1, 0.15) is 27.0 Å². The highest BCUT2D eigenvalue weighted by Gasteiger charge is 2.21. The van der Waals surface area contributed by atoms with E-state index in [1.165, 1.54) is 12.5 Å². The van der Waals surface area contributed by atoms with Crippen molar-refractivity contribution in [2.24, 2.45) is 0 Å². The molecule has 1 aromatic heterocycles. The van der Waals surface area contributed by atoms with Crippen molar-refractivity contribution in [3.63, 3.8) is 0 Å². The number of benzene rings is 1. The molecule has 0 aliphatic carbocycles. The summed E-state index contributed by atoms with van der Waals surface area (Å²) in [7, 11) is 1.57. The number of halogens is 1. The lowest BCUT2D eigenvalue weighted by atomic mass is 9.97. The van der Waals surface area contributed by atoms with Crippen LogP contribution in [0, 0.1) is 13.8 Å². The zero-order chi connectivity index (χ0) is 13.3. The van der Waals surface area contributed by atoms with Crippen molar-refractivity contribution in [3.8, 4) is 5.75 Å². The molecule has 0 saturated heterocycles. The molecule has 2 rings (SSSR count). The zero-order valence-corrected chi connectivity index (χ0v) is 12.0. The van der Waals surface area contributed by atoms with Gasteiger partial charge in [0.15, 0.2) is 5.78 Å². The van der Waals surface area contributed by atoms with Gasteiger partial charge in [0.1, 0.15) is 12.0 Å². The van der Waals surface area contributed by atoms with Gasteiger partial charge < -0.3 is 9.15 Å². The molecule has 0 radical (unpaired) electrons. The quantitative estimate of drug-likeness (QED) is 0.807. The lowest BCUT2D eigenvalue weighted by Crippen LogP contribution is -2.07. The normalized spacial score (nSPS) is 10.4. The molecule has 0 aliphatic heterocycles. The summed E-state index contributed by atoms with van der Waals surface area (Å²) in [6.45, 7) is 3.80. The lowest BCUT2D eigenvalue weighted by Gasteiger charge is -2.14. The zero-order valence-electron chi connectivity index (χ0n) is 10.4. The number of aryl methyl sites for hydroxylation is 1. The third kappa shape index (κ3) is 2.08. The molecule has 0 amide bonds. The van der Waals surface area contributed by atoms with Crippen LogP contribution in [0.5, 0.6) is 5.75 Å². The van der Waals surface area contributed by atoms with Crippen molar-refractivity contribution in [3.05, 3.63) is 51.4 Å². The van der Waals surface area contributed by atoms with Crippen LogP contribution in [0.25, 0.3) is 0 Å². The highest BCUT2D eigenvalue weighted by molar-refractivity contribution is 9.10. The van der Waals surface area contributed by atoms with Crippen molar-refractivity contribution in [2.45, 2.75) is 13.8 Å². The molecule has 0 bridgehead atoms. The predicted molar refractivity (Wildman–Crippen MR) is 72.3 cm³/mol. The smallest absolute Gasteiger partial charge is 0.200 e. The van der Waals surface area contributed by atoms with E-state index in [2.05, 4.69) is 15.9 Å². The van der Waals surface area contributed by atoms with Crippen LogP contribution in [0.2, 0.25) is 0 Å². The van der Waals surface area contributed by atoms with E-state index < -0.39 is 0 Å². The highest BCUT2D eigenvalue weighted by Crippen LogP contribution is 2.33. The van der Waals surface area contributed by atoms with Crippen LogP contribution in [-0.4, -0.2) is 12.9 Å². The molecule has 4 heteroatoms. The van der Waals surface area contributed by atoms with Crippen molar-refractivity contribution in [1.29, 1.82) is 0 Å². The molecule has 0 N–H and O–H groups in total. The molecule has 0 fully saturated rings. The minimum atomic E-state index is -0.0949. The summed E-state index contributed by atoms with van der Waals surface area (Å²) in [5, 5.41) is 0. The van der Waals surface area contributed by atoms with Gasteiger partial charge in [0, 0.05) is 4.47 Å². The van der Waals surface area contributed by atoms with Crippen LogP contribution in [-0.2, 0) is 0 Å². The number of methoxy groups -OCH3 is 1. The second-order valence-electron chi connectivity index (χ2n) is 4.05. The molecule has 18 heavy (non-hydrogen) atoms. The number of carbonyl (C=O) groups excluding carboxylic acids is 1. The average Bonchev–Trinajstić information content (AvgIpc) is 2.86. The second-order valence-corrected chi connectivity index (χ2v) is 4.90. The van der Waals surface area contributed by atoms with Crippen molar-refractivity contribution < 1.29 is 13.9 Å². The number of carbonyl (C=O) groups is 1. The fourth-order valence-corrected chi connectivity index (χ4v) is 2.47. The van der Waals surface area contributed by atoms with E-state index >= 15 is 0 Å². The van der Waals surface area contributed by atoms with Gasteiger partial charge >= 0.3 is 0 Å². The van der Waals surface area contributed by atoms with Crippen molar-refractivity contribution in [2.75, 3.05) is 7.11 Å². The van der Waals surface area contributed by atoms with E-state index in [9.17, 15) is 4.79 Å². The Balaban J connectivity index is 2.66. The van der Waals surface area contributed by atoms with E-state index in [1.54, 1.807) is 13.2 Å². The van der Waals surface area contributed by atoms with E-state index in [0.29, 0.717) is 16.9 Å². The predicted octanol–water partition coefficient (Wildman–Crippen LogP) is 3.90. The summed E-state index contributed by atoms with van der Waals surface area (Å²) in [4.78, 5) is 12.5. The molecule has 3 nitrogen and oxygen atoms in total. The Morgan fingerprint density at radius 2 is 2.11 bits per heavy atom. The van der Waals surface area contributed by atoms with Crippen LogP contribution < -0.4 is 4.74 Å². The minimum Gasteiger partial charge on any atom is -0.496 e. The maximum Gasteiger partial charge on any atom is 0.200 e. The number of hydrogen-bond acceptors (Lipinski definition) is 3. The van der Waals surface area contributed by atoms with Crippen LogP contribution in [0.3, 0.4) is 0 Å². The fraction of sp³-hybridized carbons (Fsp3) is 0.214. The molecule has 0 saturated carbocycles. The van der Waals surface area contributed by atoms with Gasteiger partial charge in [-0.25, -0.2) is 0 Å². The first-order valence-corrected chi connectivity index (χ1v) is 6.26. The van der Waals surface area contributed by atoms with Gasteiger partial charge in [-0.1, -0.05) is 15.9 Å². The van der Waals surface area contributed by atoms with Gasteiger partial charge in [0.2, 0.25) is 0 Å². The number of ether oxygens (including phenoxy) is 1. The first kappa shape index (κ1) is 12.9. The first-order valence-electron chi connectivity index (χ1n) is 5.46. The number of rotatable bonds is 3. The molecule has 0 unspecified atom stereocenters. The summed E-state index contributed by atoms with van der Waals surface area (Å²) < 4.78 is 11.2. The van der Waals surface area contributed by atoms with Crippen molar-refractivity contribution >= 4 is 21.7 Å². The highest BCUT2D eigenvalue weighted by atomic mass is 79.9. The Morgan fingerprint density at radius 3 is 2.67 bits per heavy atom. The molecule has 1 aromatic carbocycles. The fourth-order valence-electron chi connectivity index (χ4n) is 1.93. The average molecular weight is 309 g/mol. The second kappa shape index (κ2) is 4.98. The van der Waals surface area contributed by atoms with Crippen LogP contribution in [0.4, 0.5) is 0 Å².